The summed E-state index contributed by atoms with van der Waals surface area (Å²) in [6.45, 7) is 6.44. The number of allylic oxidation sites excluding steroid dienone is 12. The first-order valence-corrected chi connectivity index (χ1v) is 25.4. The number of esters is 3. The molecule has 1 atom stereocenters. The Labute approximate surface area is 376 Å². The zero-order chi connectivity index (χ0) is 44.4. The molecular formula is C55H94O6. The molecule has 6 nitrogen and oxygen atoms in total. The van der Waals surface area contributed by atoms with Crippen LogP contribution in [0.2, 0.25) is 0 Å². The van der Waals surface area contributed by atoms with Crippen molar-refractivity contribution in [1.29, 1.82) is 0 Å². The number of rotatable bonds is 45. The lowest BCUT2D eigenvalue weighted by molar-refractivity contribution is -0.167. The Kier molecular flexibility index (Phi) is 46.9. The molecule has 0 fully saturated rings. The van der Waals surface area contributed by atoms with Gasteiger partial charge in [-0.3, -0.25) is 14.4 Å². The molecule has 0 aliphatic rings. The smallest absolute Gasteiger partial charge is 0.306 e. The fraction of sp³-hybridized carbons (Fsp3) is 0.727. The summed E-state index contributed by atoms with van der Waals surface area (Å²) < 4.78 is 16.7. The van der Waals surface area contributed by atoms with Gasteiger partial charge in [-0.15, -0.1) is 0 Å². The van der Waals surface area contributed by atoms with Crippen molar-refractivity contribution < 1.29 is 28.6 Å². The van der Waals surface area contributed by atoms with Gasteiger partial charge in [0.25, 0.3) is 0 Å². The number of hydrogen-bond acceptors (Lipinski definition) is 6. The minimum atomic E-state index is -0.793. The lowest BCUT2D eigenvalue weighted by Gasteiger charge is -2.18. The van der Waals surface area contributed by atoms with Crippen molar-refractivity contribution >= 4 is 17.9 Å². The highest BCUT2D eigenvalue weighted by atomic mass is 16.6. The van der Waals surface area contributed by atoms with Gasteiger partial charge >= 0.3 is 17.9 Å². The van der Waals surface area contributed by atoms with Gasteiger partial charge in [-0.1, -0.05) is 190 Å². The Morgan fingerprint density at radius 2 is 0.656 bits per heavy atom. The molecular weight excluding hydrogens is 757 g/mol. The molecule has 0 aromatic rings. The highest BCUT2D eigenvalue weighted by Gasteiger charge is 2.19. The van der Waals surface area contributed by atoms with E-state index in [2.05, 4.69) is 93.7 Å². The van der Waals surface area contributed by atoms with Crippen LogP contribution in [0.4, 0.5) is 0 Å². The monoisotopic (exact) mass is 851 g/mol. The summed E-state index contributed by atoms with van der Waals surface area (Å²) in [6.07, 6.45) is 61.7. The predicted octanol–water partition coefficient (Wildman–Crippen LogP) is 16.6. The van der Waals surface area contributed by atoms with E-state index in [0.29, 0.717) is 19.3 Å². The van der Waals surface area contributed by atoms with Gasteiger partial charge in [0.05, 0.1) is 0 Å². The molecule has 0 aromatic heterocycles. The van der Waals surface area contributed by atoms with Gasteiger partial charge in [-0.05, 0) is 103 Å². The van der Waals surface area contributed by atoms with Gasteiger partial charge in [0.2, 0.25) is 0 Å². The maximum absolute atomic E-state index is 12.8. The molecule has 0 aliphatic heterocycles. The molecule has 61 heavy (non-hydrogen) atoms. The molecule has 0 amide bonds. The first-order valence-electron chi connectivity index (χ1n) is 25.4. The molecule has 350 valence electrons. The topological polar surface area (TPSA) is 78.9 Å². The Morgan fingerprint density at radius 1 is 0.344 bits per heavy atom. The van der Waals surface area contributed by atoms with E-state index >= 15 is 0 Å². The van der Waals surface area contributed by atoms with Crippen LogP contribution in [0.3, 0.4) is 0 Å². The summed E-state index contributed by atoms with van der Waals surface area (Å²) in [5, 5.41) is 0. The highest BCUT2D eigenvalue weighted by molar-refractivity contribution is 5.71. The number of carbonyl (C=O) groups excluding carboxylic acids is 3. The van der Waals surface area contributed by atoms with Gasteiger partial charge < -0.3 is 14.2 Å². The predicted molar refractivity (Wildman–Crippen MR) is 261 cm³/mol. The molecule has 0 N–H and O–H groups in total. The lowest BCUT2D eigenvalue weighted by atomic mass is 10.1. The van der Waals surface area contributed by atoms with E-state index in [0.717, 1.165) is 109 Å². The Hall–Kier alpha value is -3.15. The minimum absolute atomic E-state index is 0.0926. The zero-order valence-corrected chi connectivity index (χ0v) is 39.9. The van der Waals surface area contributed by atoms with Gasteiger partial charge in [0.1, 0.15) is 13.2 Å². The zero-order valence-electron chi connectivity index (χ0n) is 39.9. The number of carbonyl (C=O) groups is 3. The summed E-state index contributed by atoms with van der Waals surface area (Å²) in [5.41, 5.74) is 0. The van der Waals surface area contributed by atoms with E-state index in [9.17, 15) is 14.4 Å². The summed E-state index contributed by atoms with van der Waals surface area (Å²) in [5.74, 6) is -0.934. The molecule has 0 radical (unpaired) electrons. The van der Waals surface area contributed by atoms with E-state index in [1.54, 1.807) is 0 Å². The van der Waals surface area contributed by atoms with Crippen molar-refractivity contribution in [3.05, 3.63) is 72.9 Å². The standard InChI is InChI=1S/C55H94O6/c1-4-7-10-13-16-19-22-24-26-27-29-31-34-37-40-43-46-49-55(58)61-52(50-59-53(56)47-44-41-38-35-32-21-18-15-12-9-6-3)51-60-54(57)48-45-42-39-36-33-30-28-25-23-20-17-14-11-8-5-2/h7,10,15-16,18-19,24-26,28-29,31,52H,4-6,8-9,11-14,17,20-23,27,30,32-51H2,1-3H3/b10-7-,18-15-,19-16-,26-24-,28-25-,31-29-/t52-/m0/s1. The second-order valence-corrected chi connectivity index (χ2v) is 16.7. The summed E-state index contributed by atoms with van der Waals surface area (Å²) >= 11 is 0. The van der Waals surface area contributed by atoms with Crippen LogP contribution >= 0.6 is 0 Å². The van der Waals surface area contributed by atoms with Crippen LogP contribution in [0.25, 0.3) is 0 Å². The van der Waals surface area contributed by atoms with E-state index < -0.39 is 6.10 Å². The largest absolute Gasteiger partial charge is 0.462 e. The number of hydrogen-bond donors (Lipinski definition) is 0. The molecule has 0 unspecified atom stereocenters. The van der Waals surface area contributed by atoms with Gasteiger partial charge in [-0.2, -0.15) is 0 Å². The molecule has 0 rings (SSSR count). The van der Waals surface area contributed by atoms with Crippen molar-refractivity contribution in [2.75, 3.05) is 13.2 Å². The average Bonchev–Trinajstić information content (AvgIpc) is 3.26. The quantitative estimate of drug-likeness (QED) is 0.0263. The summed E-state index contributed by atoms with van der Waals surface area (Å²) in [4.78, 5) is 37.9. The first kappa shape index (κ1) is 57.9. The second-order valence-electron chi connectivity index (χ2n) is 16.7. The van der Waals surface area contributed by atoms with Crippen molar-refractivity contribution in [3.63, 3.8) is 0 Å². The Bertz CT molecular complexity index is 1160. The van der Waals surface area contributed by atoms with Crippen LogP contribution in [0.5, 0.6) is 0 Å². The maximum atomic E-state index is 12.8. The normalized spacial score (nSPS) is 12.6. The van der Waals surface area contributed by atoms with Crippen LogP contribution in [0.1, 0.15) is 239 Å². The Morgan fingerprint density at radius 3 is 1.07 bits per heavy atom. The third kappa shape index (κ3) is 47.7. The van der Waals surface area contributed by atoms with E-state index in [-0.39, 0.29) is 31.1 Å². The summed E-state index contributed by atoms with van der Waals surface area (Å²) in [6, 6.07) is 0. The Balaban J connectivity index is 4.44. The molecule has 0 aromatic carbocycles. The van der Waals surface area contributed by atoms with Gasteiger partial charge in [-0.25, -0.2) is 0 Å². The van der Waals surface area contributed by atoms with Crippen molar-refractivity contribution in [2.24, 2.45) is 0 Å². The van der Waals surface area contributed by atoms with E-state index in [1.807, 2.05) is 0 Å². The van der Waals surface area contributed by atoms with Crippen molar-refractivity contribution in [3.8, 4) is 0 Å². The molecule has 0 saturated carbocycles. The van der Waals surface area contributed by atoms with Crippen LogP contribution in [-0.2, 0) is 28.6 Å². The second kappa shape index (κ2) is 49.5. The van der Waals surface area contributed by atoms with E-state index in [1.165, 1.54) is 89.9 Å². The first-order chi connectivity index (χ1) is 30.0. The molecule has 6 heteroatoms. The molecule has 0 saturated heterocycles. The third-order valence-electron chi connectivity index (χ3n) is 10.7. The molecule has 0 aliphatic carbocycles. The summed E-state index contributed by atoms with van der Waals surface area (Å²) in [7, 11) is 0. The third-order valence-corrected chi connectivity index (χ3v) is 10.7. The maximum Gasteiger partial charge on any atom is 0.306 e. The molecule has 0 bridgehead atoms. The van der Waals surface area contributed by atoms with Crippen LogP contribution in [0.15, 0.2) is 72.9 Å². The van der Waals surface area contributed by atoms with Gasteiger partial charge in [0, 0.05) is 19.3 Å². The van der Waals surface area contributed by atoms with Crippen LogP contribution in [0, 0.1) is 0 Å². The highest BCUT2D eigenvalue weighted by Crippen LogP contribution is 2.13. The molecule has 0 heterocycles. The fourth-order valence-corrected chi connectivity index (χ4v) is 6.82. The van der Waals surface area contributed by atoms with Crippen LogP contribution in [-0.4, -0.2) is 37.2 Å². The SMILES string of the molecule is CC/C=C\C/C=C\C/C=C\C/C=C\CCCCCCC(=O)O[C@@H](COC(=O)CCCCCCC/C=C\CCCC)COC(=O)CCCCCCC/C=C\CCCCCCCC. The van der Waals surface area contributed by atoms with Crippen molar-refractivity contribution in [1.82, 2.24) is 0 Å². The van der Waals surface area contributed by atoms with Crippen LogP contribution < -0.4 is 0 Å². The number of ether oxygens (including phenoxy) is 3. The number of unbranched alkanes of at least 4 members (excludes halogenated alkanes) is 22. The fourth-order valence-electron chi connectivity index (χ4n) is 6.82. The average molecular weight is 851 g/mol. The van der Waals surface area contributed by atoms with Crippen molar-refractivity contribution in [2.45, 2.75) is 245 Å². The minimum Gasteiger partial charge on any atom is -0.462 e. The van der Waals surface area contributed by atoms with Gasteiger partial charge in [0.15, 0.2) is 6.10 Å². The lowest BCUT2D eigenvalue weighted by Crippen LogP contribution is -2.30. The molecule has 0 spiro atoms. The van der Waals surface area contributed by atoms with E-state index in [4.69, 9.17) is 14.2 Å².